The summed E-state index contributed by atoms with van der Waals surface area (Å²) in [5.74, 6) is 2.30. The van der Waals surface area contributed by atoms with Gasteiger partial charge in [-0.25, -0.2) is 0 Å². The molecule has 108 valence electrons. The van der Waals surface area contributed by atoms with Gasteiger partial charge in [0.15, 0.2) is 0 Å². The number of allylic oxidation sites excluding steroid dienone is 1. The van der Waals surface area contributed by atoms with Gasteiger partial charge >= 0.3 is 0 Å². The Morgan fingerprint density at radius 2 is 1.52 bits per heavy atom. The van der Waals surface area contributed by atoms with Gasteiger partial charge in [-0.2, -0.15) is 0 Å². The zero-order chi connectivity index (χ0) is 15.1. The Bertz CT molecular complexity index is 616. The maximum atomic E-state index is 7.00. The largest absolute Gasteiger partial charge is 0.494 e. The lowest BCUT2D eigenvalue weighted by Gasteiger charge is -2.08. The number of nitrogens with two attached hydrogens (primary N) is 1. The first-order chi connectivity index (χ1) is 10.2. The van der Waals surface area contributed by atoms with Crippen LogP contribution in [0.15, 0.2) is 54.6 Å². The van der Waals surface area contributed by atoms with Crippen LogP contribution in [-0.2, 0) is 0 Å². The quantitative estimate of drug-likeness (QED) is 0.791. The number of ether oxygens (including phenoxy) is 2. The first-order valence-corrected chi connectivity index (χ1v) is 6.70. The highest BCUT2D eigenvalue weighted by Gasteiger charge is 2.00. The normalized spacial score (nSPS) is 11.0. The van der Waals surface area contributed by atoms with Gasteiger partial charge in [0, 0.05) is 11.9 Å². The molecule has 0 saturated carbocycles. The van der Waals surface area contributed by atoms with Crippen LogP contribution in [0.25, 0.3) is 5.70 Å². The van der Waals surface area contributed by atoms with Crippen LogP contribution in [-0.4, -0.2) is 12.8 Å². The van der Waals surface area contributed by atoms with Crippen molar-refractivity contribution in [1.29, 1.82) is 5.41 Å². The van der Waals surface area contributed by atoms with Crippen molar-refractivity contribution in [3.63, 3.8) is 0 Å². The Kier molecular flexibility index (Phi) is 4.99. The summed E-state index contributed by atoms with van der Waals surface area (Å²) in [4.78, 5) is 0. The van der Waals surface area contributed by atoms with E-state index in [0.717, 1.165) is 22.8 Å². The molecule has 0 radical (unpaired) electrons. The van der Waals surface area contributed by atoms with E-state index in [-0.39, 0.29) is 0 Å². The molecule has 0 bridgehead atoms. The maximum Gasteiger partial charge on any atom is 0.127 e. The minimum absolute atomic E-state index is 0.553. The number of nitrogens with one attached hydrogen (secondary N) is 1. The summed E-state index contributed by atoms with van der Waals surface area (Å²) in [7, 11) is 0. The molecule has 0 aliphatic rings. The Morgan fingerprint density at radius 1 is 1.00 bits per heavy atom. The van der Waals surface area contributed by atoms with E-state index in [2.05, 4.69) is 0 Å². The molecular weight excluding hydrogens is 264 g/mol. The van der Waals surface area contributed by atoms with Crippen molar-refractivity contribution in [3.05, 3.63) is 60.2 Å². The van der Waals surface area contributed by atoms with Crippen molar-refractivity contribution >= 4 is 11.9 Å². The van der Waals surface area contributed by atoms with Gasteiger partial charge < -0.3 is 20.6 Å². The third-order valence-electron chi connectivity index (χ3n) is 2.82. The van der Waals surface area contributed by atoms with Crippen LogP contribution in [0.1, 0.15) is 12.5 Å². The summed E-state index contributed by atoms with van der Waals surface area (Å²) >= 11 is 0. The van der Waals surface area contributed by atoms with Crippen molar-refractivity contribution in [3.8, 4) is 17.2 Å². The predicted molar refractivity (Wildman–Crippen MR) is 85.1 cm³/mol. The summed E-state index contributed by atoms with van der Waals surface area (Å²) in [5.41, 5.74) is 7.22. The molecule has 0 aliphatic heterocycles. The number of rotatable bonds is 6. The number of benzene rings is 2. The average molecular weight is 282 g/mol. The fraction of sp³-hybridized carbons (Fsp3) is 0.118. The van der Waals surface area contributed by atoms with E-state index in [9.17, 15) is 0 Å². The van der Waals surface area contributed by atoms with Gasteiger partial charge in [0.1, 0.15) is 17.2 Å². The monoisotopic (exact) mass is 282 g/mol. The lowest BCUT2D eigenvalue weighted by molar-refractivity contribution is 0.339. The van der Waals surface area contributed by atoms with E-state index in [1.165, 1.54) is 6.21 Å². The molecule has 0 fully saturated rings. The highest BCUT2D eigenvalue weighted by molar-refractivity contribution is 5.81. The van der Waals surface area contributed by atoms with E-state index in [4.69, 9.17) is 20.6 Å². The molecule has 4 nitrogen and oxygen atoms in total. The Morgan fingerprint density at radius 3 is 2.05 bits per heavy atom. The zero-order valence-corrected chi connectivity index (χ0v) is 11.9. The molecule has 0 amide bonds. The maximum absolute atomic E-state index is 7.00. The van der Waals surface area contributed by atoms with Gasteiger partial charge in [-0.15, -0.1) is 0 Å². The molecule has 0 unspecified atom stereocenters. The molecule has 2 aromatic rings. The van der Waals surface area contributed by atoms with Crippen LogP contribution >= 0.6 is 0 Å². The summed E-state index contributed by atoms with van der Waals surface area (Å²) in [5, 5.41) is 7.00. The average Bonchev–Trinajstić information content (AvgIpc) is 2.50. The van der Waals surface area contributed by atoms with Crippen LogP contribution in [0, 0.1) is 5.41 Å². The standard InChI is InChI=1S/C17H18N2O2/c1-2-20-14-7-9-16(10-8-14)21-15-5-3-13(4-6-15)17(19)11-12-18/h3-12,18H,2,19H2,1H3/b17-11-,18-12?. The molecule has 3 N–H and O–H groups in total. The third-order valence-corrected chi connectivity index (χ3v) is 2.82. The van der Waals surface area contributed by atoms with Crippen molar-refractivity contribution < 1.29 is 9.47 Å². The molecule has 21 heavy (non-hydrogen) atoms. The van der Waals surface area contributed by atoms with E-state index in [1.54, 1.807) is 6.08 Å². The fourth-order valence-corrected chi connectivity index (χ4v) is 1.81. The highest BCUT2D eigenvalue weighted by Crippen LogP contribution is 2.24. The minimum atomic E-state index is 0.553. The van der Waals surface area contributed by atoms with Crippen molar-refractivity contribution in [2.24, 2.45) is 5.73 Å². The second-order valence-corrected chi connectivity index (χ2v) is 4.32. The van der Waals surface area contributed by atoms with E-state index >= 15 is 0 Å². The molecule has 0 spiro atoms. The van der Waals surface area contributed by atoms with E-state index in [0.29, 0.717) is 12.3 Å². The van der Waals surface area contributed by atoms with Gasteiger partial charge in [0.05, 0.1) is 6.61 Å². The fourth-order valence-electron chi connectivity index (χ4n) is 1.81. The van der Waals surface area contributed by atoms with E-state index < -0.39 is 0 Å². The van der Waals surface area contributed by atoms with Crippen LogP contribution in [0.4, 0.5) is 0 Å². The van der Waals surface area contributed by atoms with Gasteiger partial charge in [-0.3, -0.25) is 0 Å². The lowest BCUT2D eigenvalue weighted by Crippen LogP contribution is -1.96. The predicted octanol–water partition coefficient (Wildman–Crippen LogP) is 3.83. The van der Waals surface area contributed by atoms with Gasteiger partial charge in [-0.05, 0) is 67.1 Å². The van der Waals surface area contributed by atoms with Crippen LogP contribution in [0.5, 0.6) is 17.2 Å². The number of hydrogen-bond acceptors (Lipinski definition) is 4. The SMILES string of the molecule is CCOc1ccc(Oc2ccc(/C(N)=C/C=N)cc2)cc1. The van der Waals surface area contributed by atoms with Gasteiger partial charge in [0.2, 0.25) is 0 Å². The molecule has 0 aliphatic carbocycles. The second-order valence-electron chi connectivity index (χ2n) is 4.32. The molecule has 2 aromatic carbocycles. The molecule has 0 heterocycles. The first kappa shape index (κ1) is 14.7. The Hall–Kier alpha value is -2.75. The molecule has 0 atom stereocenters. The third kappa shape index (κ3) is 4.11. The molecule has 0 aromatic heterocycles. The van der Waals surface area contributed by atoms with E-state index in [1.807, 2.05) is 55.5 Å². The van der Waals surface area contributed by atoms with Gasteiger partial charge in [0.25, 0.3) is 0 Å². The summed E-state index contributed by atoms with van der Waals surface area (Å²) < 4.78 is 11.1. The first-order valence-electron chi connectivity index (χ1n) is 6.70. The molecule has 0 saturated heterocycles. The smallest absolute Gasteiger partial charge is 0.127 e. The van der Waals surface area contributed by atoms with Gasteiger partial charge in [-0.1, -0.05) is 0 Å². The molecule has 2 rings (SSSR count). The second kappa shape index (κ2) is 7.14. The number of hydrogen-bond donors (Lipinski definition) is 2. The summed E-state index contributed by atoms with van der Waals surface area (Å²) in [6, 6.07) is 14.9. The zero-order valence-electron chi connectivity index (χ0n) is 11.9. The topological polar surface area (TPSA) is 68.3 Å². The Labute approximate surface area is 124 Å². The van der Waals surface area contributed by atoms with Crippen molar-refractivity contribution in [2.45, 2.75) is 6.92 Å². The summed E-state index contributed by atoms with van der Waals surface area (Å²) in [6.45, 7) is 2.59. The Balaban J connectivity index is 2.06. The van der Waals surface area contributed by atoms with Crippen LogP contribution < -0.4 is 15.2 Å². The molecular formula is C17H18N2O2. The highest BCUT2D eigenvalue weighted by atomic mass is 16.5. The van der Waals surface area contributed by atoms with Crippen molar-refractivity contribution in [1.82, 2.24) is 0 Å². The van der Waals surface area contributed by atoms with Crippen LogP contribution in [0.2, 0.25) is 0 Å². The lowest BCUT2D eigenvalue weighted by atomic mass is 10.1. The molecule has 4 heteroatoms. The summed E-state index contributed by atoms with van der Waals surface area (Å²) in [6.07, 6.45) is 2.71. The van der Waals surface area contributed by atoms with Crippen molar-refractivity contribution in [2.75, 3.05) is 6.61 Å². The van der Waals surface area contributed by atoms with Crippen LogP contribution in [0.3, 0.4) is 0 Å². The minimum Gasteiger partial charge on any atom is -0.494 e.